The number of nitrogens with one attached hydrogen (secondary N) is 1. The van der Waals surface area contributed by atoms with Gasteiger partial charge in [-0.1, -0.05) is 63.2 Å². The van der Waals surface area contributed by atoms with Gasteiger partial charge in [-0.2, -0.15) is 13.2 Å². The minimum atomic E-state index is -4.40. The first kappa shape index (κ1) is 32.6. The van der Waals surface area contributed by atoms with Gasteiger partial charge in [-0.05, 0) is 62.3 Å². The highest BCUT2D eigenvalue weighted by Crippen LogP contribution is 2.37. The molecule has 2 saturated heterocycles. The number of hydrogen-bond donors (Lipinski definition) is 1. The molecule has 2 aromatic rings. The molecule has 7 nitrogen and oxygen atoms in total. The van der Waals surface area contributed by atoms with Crippen LogP contribution in [0.1, 0.15) is 77.1 Å². The number of alkyl halides is 3. The number of halogens is 3. The lowest BCUT2D eigenvalue weighted by Crippen LogP contribution is -2.63. The molecule has 0 radical (unpaired) electrons. The van der Waals surface area contributed by atoms with Crippen molar-refractivity contribution in [3.05, 3.63) is 71.3 Å². The molecule has 0 spiro atoms. The summed E-state index contributed by atoms with van der Waals surface area (Å²) in [6, 6.07) is 14.6. The standard InChI is InChI=1S/C33H45F3N4O3/c1-31(2,3)27-22-39(28(23-10-8-7-9-11-23)24-12-14-25(15-13-24)33(34,35)36)20-21-40(27)29(41)37-26-16-18-38(19-17-26)30(42)43-32(4,5)6/h7-15,26-28H,16-22H2,1-6H3,(H,37,41). The first-order valence-electron chi connectivity index (χ1n) is 15.0. The molecule has 0 aliphatic carbocycles. The minimum Gasteiger partial charge on any atom is -0.444 e. The summed E-state index contributed by atoms with van der Waals surface area (Å²) in [5.41, 5.74) is 0.288. The van der Waals surface area contributed by atoms with E-state index in [0.717, 1.165) is 23.3 Å². The number of urea groups is 1. The Balaban J connectivity index is 1.47. The Morgan fingerprint density at radius 3 is 1.95 bits per heavy atom. The number of likely N-dealkylation sites (tertiary alicyclic amines) is 1. The van der Waals surface area contributed by atoms with Crippen molar-refractivity contribution in [2.45, 2.75) is 84.3 Å². The molecule has 2 heterocycles. The Kier molecular flexibility index (Phi) is 9.69. The highest BCUT2D eigenvalue weighted by atomic mass is 19.4. The molecule has 236 valence electrons. The van der Waals surface area contributed by atoms with Gasteiger partial charge in [0.2, 0.25) is 0 Å². The van der Waals surface area contributed by atoms with E-state index in [0.29, 0.717) is 45.6 Å². The van der Waals surface area contributed by atoms with Crippen molar-refractivity contribution in [2.24, 2.45) is 5.41 Å². The molecule has 2 aliphatic heterocycles. The van der Waals surface area contributed by atoms with Crippen LogP contribution in [0.4, 0.5) is 22.8 Å². The van der Waals surface area contributed by atoms with Crippen LogP contribution in [0.25, 0.3) is 0 Å². The molecule has 2 aliphatic rings. The predicted octanol–water partition coefficient (Wildman–Crippen LogP) is 6.94. The highest BCUT2D eigenvalue weighted by molar-refractivity contribution is 5.75. The average Bonchev–Trinajstić information content (AvgIpc) is 2.92. The zero-order valence-electron chi connectivity index (χ0n) is 26.1. The lowest BCUT2D eigenvalue weighted by molar-refractivity contribution is -0.137. The Morgan fingerprint density at radius 1 is 0.837 bits per heavy atom. The van der Waals surface area contributed by atoms with Crippen LogP contribution < -0.4 is 5.32 Å². The average molecular weight is 603 g/mol. The van der Waals surface area contributed by atoms with Crippen molar-refractivity contribution in [3.63, 3.8) is 0 Å². The molecule has 2 fully saturated rings. The molecule has 2 unspecified atom stereocenters. The molecule has 4 rings (SSSR count). The number of hydrogen-bond acceptors (Lipinski definition) is 4. The lowest BCUT2D eigenvalue weighted by Gasteiger charge is -2.49. The van der Waals surface area contributed by atoms with E-state index in [4.69, 9.17) is 4.74 Å². The third-order valence-electron chi connectivity index (χ3n) is 8.18. The Morgan fingerprint density at radius 2 is 1.42 bits per heavy atom. The first-order valence-corrected chi connectivity index (χ1v) is 15.0. The van der Waals surface area contributed by atoms with Gasteiger partial charge in [0.1, 0.15) is 5.60 Å². The van der Waals surface area contributed by atoms with Crippen LogP contribution in [-0.4, -0.2) is 77.2 Å². The smallest absolute Gasteiger partial charge is 0.416 e. The summed E-state index contributed by atoms with van der Waals surface area (Å²) in [5, 5.41) is 3.21. The molecule has 0 bridgehead atoms. The second-order valence-electron chi connectivity index (χ2n) is 13.7. The molecule has 2 aromatic carbocycles. The van der Waals surface area contributed by atoms with Gasteiger partial charge in [-0.3, -0.25) is 4.90 Å². The van der Waals surface area contributed by atoms with Crippen LogP contribution in [0.3, 0.4) is 0 Å². The molecule has 3 amide bonds. The number of amides is 3. The molecule has 43 heavy (non-hydrogen) atoms. The molecular weight excluding hydrogens is 557 g/mol. The Labute approximate surface area is 253 Å². The quantitative estimate of drug-likeness (QED) is 0.412. The molecule has 2 atom stereocenters. The fourth-order valence-corrected chi connectivity index (χ4v) is 5.92. The largest absolute Gasteiger partial charge is 0.444 e. The maximum atomic E-state index is 13.7. The zero-order chi connectivity index (χ0) is 31.6. The Hall–Kier alpha value is -3.27. The summed E-state index contributed by atoms with van der Waals surface area (Å²) in [6.45, 7) is 14.5. The summed E-state index contributed by atoms with van der Waals surface area (Å²) >= 11 is 0. The SMILES string of the molecule is CC(C)(C)OC(=O)N1CCC(NC(=O)N2CCN(C(c3ccccc3)c3ccc(C(F)(F)F)cc3)CC2C(C)(C)C)CC1. The normalized spacial score (nSPS) is 20.1. The van der Waals surface area contributed by atoms with Crippen LogP contribution in [0.15, 0.2) is 54.6 Å². The molecule has 1 N–H and O–H groups in total. The van der Waals surface area contributed by atoms with E-state index >= 15 is 0 Å². The van der Waals surface area contributed by atoms with Crippen molar-refractivity contribution in [1.82, 2.24) is 20.0 Å². The van der Waals surface area contributed by atoms with Gasteiger partial charge in [-0.25, -0.2) is 9.59 Å². The van der Waals surface area contributed by atoms with Gasteiger partial charge in [0, 0.05) is 38.8 Å². The fourth-order valence-electron chi connectivity index (χ4n) is 5.92. The predicted molar refractivity (Wildman–Crippen MR) is 161 cm³/mol. The summed E-state index contributed by atoms with van der Waals surface area (Å²) in [5.74, 6) is 0. The van der Waals surface area contributed by atoms with E-state index in [9.17, 15) is 22.8 Å². The maximum Gasteiger partial charge on any atom is 0.416 e. The van der Waals surface area contributed by atoms with E-state index in [2.05, 4.69) is 31.0 Å². The monoisotopic (exact) mass is 602 g/mol. The van der Waals surface area contributed by atoms with Crippen LogP contribution in [-0.2, 0) is 10.9 Å². The van der Waals surface area contributed by atoms with Crippen LogP contribution in [0, 0.1) is 5.41 Å². The van der Waals surface area contributed by atoms with E-state index in [-0.39, 0.29) is 35.7 Å². The van der Waals surface area contributed by atoms with E-state index in [1.165, 1.54) is 0 Å². The molecule has 10 heteroatoms. The van der Waals surface area contributed by atoms with Crippen molar-refractivity contribution in [3.8, 4) is 0 Å². The summed E-state index contributed by atoms with van der Waals surface area (Å²) in [6.07, 6.45) is -3.43. The van der Waals surface area contributed by atoms with Gasteiger partial charge in [-0.15, -0.1) is 0 Å². The van der Waals surface area contributed by atoms with Gasteiger partial charge in [0.15, 0.2) is 0 Å². The van der Waals surface area contributed by atoms with Crippen molar-refractivity contribution >= 4 is 12.1 Å². The number of piperidine rings is 1. The number of carbonyl (C=O) groups excluding carboxylic acids is 2. The number of nitrogens with zero attached hydrogens (tertiary/aromatic N) is 3. The summed E-state index contributed by atoms with van der Waals surface area (Å²) < 4.78 is 45.4. The van der Waals surface area contributed by atoms with Crippen molar-refractivity contribution in [1.29, 1.82) is 0 Å². The van der Waals surface area contributed by atoms with Crippen molar-refractivity contribution < 1.29 is 27.5 Å². The number of ether oxygens (including phenoxy) is 1. The highest BCUT2D eigenvalue weighted by Gasteiger charge is 2.41. The van der Waals surface area contributed by atoms with Gasteiger partial charge >= 0.3 is 18.3 Å². The number of rotatable bonds is 4. The third kappa shape index (κ3) is 8.43. The van der Waals surface area contributed by atoms with Crippen LogP contribution in [0.2, 0.25) is 0 Å². The number of piperazine rings is 1. The van der Waals surface area contributed by atoms with Crippen LogP contribution in [0.5, 0.6) is 0 Å². The first-order chi connectivity index (χ1) is 20.0. The van der Waals surface area contributed by atoms with Crippen molar-refractivity contribution in [2.75, 3.05) is 32.7 Å². The third-order valence-corrected chi connectivity index (χ3v) is 8.18. The number of benzene rings is 2. The second kappa shape index (κ2) is 12.8. The summed E-state index contributed by atoms with van der Waals surface area (Å²) in [4.78, 5) is 32.0. The van der Waals surface area contributed by atoms with E-state index in [1.807, 2.05) is 56.0 Å². The van der Waals surface area contributed by atoms with E-state index in [1.54, 1.807) is 17.0 Å². The fraction of sp³-hybridized carbons (Fsp3) is 0.576. The van der Waals surface area contributed by atoms with Gasteiger partial charge in [0.25, 0.3) is 0 Å². The molecular formula is C33H45F3N4O3. The molecule has 0 aromatic heterocycles. The molecule has 0 saturated carbocycles. The maximum absolute atomic E-state index is 13.7. The second-order valence-corrected chi connectivity index (χ2v) is 13.7. The van der Waals surface area contributed by atoms with Gasteiger partial charge < -0.3 is 19.9 Å². The summed E-state index contributed by atoms with van der Waals surface area (Å²) in [7, 11) is 0. The lowest BCUT2D eigenvalue weighted by atomic mass is 9.83. The van der Waals surface area contributed by atoms with Crippen LogP contribution >= 0.6 is 0 Å². The van der Waals surface area contributed by atoms with E-state index < -0.39 is 17.3 Å². The number of carbonyl (C=O) groups is 2. The van der Waals surface area contributed by atoms with Gasteiger partial charge in [0.05, 0.1) is 17.6 Å². The Bertz CT molecular complexity index is 1230. The topological polar surface area (TPSA) is 65.1 Å². The minimum absolute atomic E-state index is 0.0472. The zero-order valence-corrected chi connectivity index (χ0v) is 26.1.